The minimum atomic E-state index is -1.57. The first-order chi connectivity index (χ1) is 16.7. The zero-order valence-corrected chi connectivity index (χ0v) is 20.5. The van der Waals surface area contributed by atoms with Gasteiger partial charge in [0.2, 0.25) is 5.60 Å². The predicted octanol–water partition coefficient (Wildman–Crippen LogP) is 3.70. The fourth-order valence-corrected chi connectivity index (χ4v) is 5.93. The number of hydrogen-bond acceptors (Lipinski definition) is 5. The van der Waals surface area contributed by atoms with Gasteiger partial charge in [-0.1, -0.05) is 69.0 Å². The largest absolute Gasteiger partial charge is 0.445 e. The number of allylic oxidation sites excluding steroid dienone is 2. The van der Waals surface area contributed by atoms with Crippen LogP contribution in [0.3, 0.4) is 0 Å². The van der Waals surface area contributed by atoms with E-state index in [4.69, 9.17) is 4.74 Å². The first-order valence-corrected chi connectivity index (χ1v) is 12.5. The van der Waals surface area contributed by atoms with E-state index in [-0.39, 0.29) is 30.1 Å². The van der Waals surface area contributed by atoms with Gasteiger partial charge >= 0.3 is 5.97 Å². The second kappa shape index (κ2) is 10.3. The fourth-order valence-electron chi connectivity index (χ4n) is 5.93. The van der Waals surface area contributed by atoms with Gasteiger partial charge < -0.3 is 15.2 Å². The van der Waals surface area contributed by atoms with Crippen LogP contribution in [0.2, 0.25) is 0 Å². The molecule has 0 bridgehead atoms. The molecule has 3 aliphatic rings. The Morgan fingerprint density at radius 3 is 2.63 bits per heavy atom. The van der Waals surface area contributed by atoms with Crippen molar-refractivity contribution in [3.8, 4) is 0 Å². The summed E-state index contributed by atoms with van der Waals surface area (Å²) in [6.45, 7) is 8.19. The highest BCUT2D eigenvalue weighted by Crippen LogP contribution is 2.52. The van der Waals surface area contributed by atoms with Crippen molar-refractivity contribution in [3.63, 3.8) is 0 Å². The number of Topliss-reactive ketones (excluding diaryl/α,β-unsaturated/α-hetero) is 1. The third-order valence-electron chi connectivity index (χ3n) is 7.90. The third-order valence-corrected chi connectivity index (χ3v) is 7.90. The van der Waals surface area contributed by atoms with E-state index in [1.807, 2.05) is 49.4 Å². The summed E-state index contributed by atoms with van der Waals surface area (Å²) in [6.07, 6.45) is 8.08. The van der Waals surface area contributed by atoms with Crippen molar-refractivity contribution >= 4 is 17.7 Å². The minimum absolute atomic E-state index is 0.0652. The minimum Gasteiger partial charge on any atom is -0.445 e. The molecule has 1 aromatic rings. The summed E-state index contributed by atoms with van der Waals surface area (Å²) in [6, 6.07) is 9.57. The highest BCUT2D eigenvalue weighted by molar-refractivity contribution is 5.94. The Bertz CT molecular complexity index is 1040. The number of benzene rings is 1. The molecule has 1 spiro atoms. The SMILES string of the molecule is C=C1C(C)C2C(Cc3ccccc3)NC(=O)C23OC(=O)/C=C\CC(=O)CCC(C)C/C=C/C3C1O. The summed E-state index contributed by atoms with van der Waals surface area (Å²) in [5.41, 5.74) is 0.126. The van der Waals surface area contributed by atoms with Gasteiger partial charge in [0.05, 0.1) is 12.0 Å². The molecule has 2 aliphatic heterocycles. The van der Waals surface area contributed by atoms with E-state index in [1.165, 1.54) is 12.2 Å². The van der Waals surface area contributed by atoms with Gasteiger partial charge in [-0.25, -0.2) is 4.79 Å². The molecule has 6 nitrogen and oxygen atoms in total. The quantitative estimate of drug-likeness (QED) is 0.501. The molecule has 4 rings (SSSR count). The smallest absolute Gasteiger partial charge is 0.331 e. The fraction of sp³-hybridized carbons (Fsp3) is 0.483. The van der Waals surface area contributed by atoms with E-state index in [9.17, 15) is 19.5 Å². The first kappa shape index (κ1) is 25.1. The van der Waals surface area contributed by atoms with Gasteiger partial charge in [0.25, 0.3) is 5.91 Å². The maximum Gasteiger partial charge on any atom is 0.331 e. The number of nitrogens with one attached hydrogen (secondary N) is 1. The molecular formula is C29H35NO5. The molecule has 0 radical (unpaired) electrons. The number of ether oxygens (including phenoxy) is 1. The van der Waals surface area contributed by atoms with E-state index in [1.54, 1.807) is 0 Å². The molecular weight excluding hydrogens is 442 g/mol. The summed E-state index contributed by atoms with van der Waals surface area (Å²) in [4.78, 5) is 38.9. The number of hydrogen-bond donors (Lipinski definition) is 2. The van der Waals surface area contributed by atoms with Crippen LogP contribution in [0.1, 0.15) is 45.1 Å². The van der Waals surface area contributed by atoms with Crippen molar-refractivity contribution in [3.05, 3.63) is 72.4 Å². The Hall–Kier alpha value is -2.99. The van der Waals surface area contributed by atoms with Crippen LogP contribution in [-0.2, 0) is 25.5 Å². The summed E-state index contributed by atoms with van der Waals surface area (Å²) in [5, 5.41) is 14.4. The summed E-state index contributed by atoms with van der Waals surface area (Å²) in [7, 11) is 0. The van der Waals surface area contributed by atoms with Crippen LogP contribution < -0.4 is 5.32 Å². The maximum absolute atomic E-state index is 13.7. The van der Waals surface area contributed by atoms with Gasteiger partial charge in [-0.3, -0.25) is 9.59 Å². The number of carbonyl (C=O) groups is 3. The molecule has 1 saturated carbocycles. The lowest BCUT2D eigenvalue weighted by atomic mass is 9.59. The Balaban J connectivity index is 1.78. The average molecular weight is 478 g/mol. The number of carbonyl (C=O) groups excluding carboxylic acids is 3. The zero-order chi connectivity index (χ0) is 25.2. The monoisotopic (exact) mass is 477 g/mol. The van der Waals surface area contributed by atoms with Crippen LogP contribution in [0.15, 0.2) is 66.8 Å². The van der Waals surface area contributed by atoms with E-state index in [0.29, 0.717) is 24.8 Å². The first-order valence-electron chi connectivity index (χ1n) is 12.5. The van der Waals surface area contributed by atoms with Crippen molar-refractivity contribution < 1.29 is 24.2 Å². The number of esters is 1. The molecule has 1 aliphatic carbocycles. The lowest BCUT2D eigenvalue weighted by Gasteiger charge is -2.49. The van der Waals surface area contributed by atoms with Gasteiger partial charge in [0.15, 0.2) is 0 Å². The van der Waals surface area contributed by atoms with E-state index in [0.717, 1.165) is 12.0 Å². The number of aliphatic hydroxyl groups excluding tert-OH is 1. The van der Waals surface area contributed by atoms with Crippen molar-refractivity contribution in [2.24, 2.45) is 23.7 Å². The van der Waals surface area contributed by atoms with Gasteiger partial charge in [0, 0.05) is 30.9 Å². The average Bonchev–Trinajstić information content (AvgIpc) is 3.09. The van der Waals surface area contributed by atoms with Crippen LogP contribution in [0.4, 0.5) is 0 Å². The number of rotatable bonds is 2. The van der Waals surface area contributed by atoms with Crippen molar-refractivity contribution in [2.75, 3.05) is 0 Å². The number of aliphatic hydroxyl groups is 1. The van der Waals surface area contributed by atoms with Gasteiger partial charge in [0.1, 0.15) is 5.78 Å². The molecule has 2 fully saturated rings. The topological polar surface area (TPSA) is 92.7 Å². The van der Waals surface area contributed by atoms with Gasteiger partial charge in [-0.2, -0.15) is 0 Å². The predicted molar refractivity (Wildman–Crippen MR) is 133 cm³/mol. The van der Waals surface area contributed by atoms with Crippen molar-refractivity contribution in [1.29, 1.82) is 0 Å². The van der Waals surface area contributed by atoms with Crippen LogP contribution >= 0.6 is 0 Å². The Kier molecular flexibility index (Phi) is 7.41. The third kappa shape index (κ3) is 4.90. The van der Waals surface area contributed by atoms with Gasteiger partial charge in [-0.15, -0.1) is 0 Å². The lowest BCUT2D eigenvalue weighted by Crippen LogP contribution is -2.61. The van der Waals surface area contributed by atoms with Crippen LogP contribution in [0, 0.1) is 23.7 Å². The highest BCUT2D eigenvalue weighted by atomic mass is 16.6. The van der Waals surface area contributed by atoms with E-state index >= 15 is 0 Å². The Morgan fingerprint density at radius 2 is 1.89 bits per heavy atom. The van der Waals surface area contributed by atoms with Gasteiger partial charge in [-0.05, 0) is 42.2 Å². The Morgan fingerprint density at radius 1 is 1.14 bits per heavy atom. The number of amides is 1. The molecule has 35 heavy (non-hydrogen) atoms. The lowest BCUT2D eigenvalue weighted by molar-refractivity contribution is -0.182. The molecule has 2 N–H and O–H groups in total. The summed E-state index contributed by atoms with van der Waals surface area (Å²) >= 11 is 0. The Labute approximate surface area is 207 Å². The zero-order valence-electron chi connectivity index (χ0n) is 20.5. The van der Waals surface area contributed by atoms with Crippen LogP contribution in [0.25, 0.3) is 0 Å². The highest BCUT2D eigenvalue weighted by Gasteiger charge is 2.67. The summed E-state index contributed by atoms with van der Waals surface area (Å²) in [5.74, 6) is -2.18. The molecule has 2 heterocycles. The molecule has 7 unspecified atom stereocenters. The van der Waals surface area contributed by atoms with E-state index < -0.39 is 35.4 Å². The molecule has 6 heteroatoms. The second-order valence-corrected chi connectivity index (χ2v) is 10.3. The van der Waals surface area contributed by atoms with Crippen LogP contribution in [-0.4, -0.2) is 40.5 Å². The number of ketones is 1. The van der Waals surface area contributed by atoms with E-state index in [2.05, 4.69) is 18.8 Å². The molecule has 1 saturated heterocycles. The second-order valence-electron chi connectivity index (χ2n) is 10.3. The van der Waals surface area contributed by atoms with Crippen molar-refractivity contribution in [2.45, 2.75) is 63.7 Å². The summed E-state index contributed by atoms with van der Waals surface area (Å²) < 4.78 is 6.04. The normalized spacial score (nSPS) is 37.9. The molecule has 0 aromatic heterocycles. The maximum atomic E-state index is 13.7. The van der Waals surface area contributed by atoms with Crippen molar-refractivity contribution in [1.82, 2.24) is 5.32 Å². The molecule has 7 atom stereocenters. The molecule has 1 amide bonds. The molecule has 186 valence electrons. The standard InChI is InChI=1S/C29H35NO5/c1-18-9-7-13-23-27(33)20(3)19(2)26-24(17-21-10-5-4-6-11-21)30-28(34)29(23,26)35-25(32)14-8-12-22(31)16-15-18/h4-8,10-11,13-14,18-19,23-24,26-27,33H,3,9,12,15-17H2,1-2H3,(H,30,34)/b13-7+,14-8-. The van der Waals surface area contributed by atoms with Crippen LogP contribution in [0.5, 0.6) is 0 Å². The molecule has 1 aromatic carbocycles.